The summed E-state index contributed by atoms with van der Waals surface area (Å²) in [6.07, 6.45) is 1.69. The van der Waals surface area contributed by atoms with Gasteiger partial charge in [0.2, 0.25) is 0 Å². The molecule has 68 valence electrons. The molecule has 13 heavy (non-hydrogen) atoms. The van der Waals surface area contributed by atoms with Crippen molar-refractivity contribution in [1.29, 1.82) is 0 Å². The number of benzene rings is 1. The lowest BCUT2D eigenvalue weighted by Crippen LogP contribution is -1.97. The van der Waals surface area contributed by atoms with Crippen LogP contribution in [0.25, 0.3) is 0 Å². The van der Waals surface area contributed by atoms with Gasteiger partial charge in [-0.1, -0.05) is 41.2 Å². The summed E-state index contributed by atoms with van der Waals surface area (Å²) in [6, 6.07) is 7.70. The maximum absolute atomic E-state index is 5.44. The Kier molecular flexibility index (Phi) is 3.77. The van der Waals surface area contributed by atoms with Gasteiger partial charge in [-0.2, -0.15) is 0 Å². The molecule has 0 aliphatic rings. The molecule has 0 aromatic heterocycles. The van der Waals surface area contributed by atoms with E-state index in [1.807, 2.05) is 24.3 Å². The van der Waals surface area contributed by atoms with Crippen LogP contribution in [0.15, 0.2) is 53.5 Å². The van der Waals surface area contributed by atoms with Gasteiger partial charge in [0.25, 0.3) is 0 Å². The van der Waals surface area contributed by atoms with Crippen molar-refractivity contribution in [2.24, 2.45) is 0 Å². The van der Waals surface area contributed by atoms with E-state index >= 15 is 0 Å². The monoisotopic (exact) mass is 238 g/mol. The van der Waals surface area contributed by atoms with Gasteiger partial charge in [0.1, 0.15) is 12.4 Å². The lowest BCUT2D eigenvalue weighted by Gasteiger charge is -2.05. The van der Waals surface area contributed by atoms with Crippen molar-refractivity contribution < 1.29 is 4.74 Å². The Labute approximate surface area is 86.9 Å². The second kappa shape index (κ2) is 4.87. The highest BCUT2D eigenvalue weighted by molar-refractivity contribution is 9.10. The highest BCUT2D eigenvalue weighted by atomic mass is 79.9. The second-order valence-corrected chi connectivity index (χ2v) is 3.52. The number of hydrogen-bond acceptors (Lipinski definition) is 1. The van der Waals surface area contributed by atoms with E-state index in [0.29, 0.717) is 6.61 Å². The minimum absolute atomic E-state index is 0.486. The standard InChI is InChI=1S/C11H11BrO/c1-3-9(2)8-13-11-6-4-5-10(12)7-11/h3-7H,1-2,8H2. The van der Waals surface area contributed by atoms with Gasteiger partial charge < -0.3 is 4.74 Å². The number of halogens is 1. The lowest BCUT2D eigenvalue weighted by molar-refractivity contribution is 0.356. The maximum atomic E-state index is 5.44. The number of hydrogen-bond donors (Lipinski definition) is 0. The Hall–Kier alpha value is -1.02. The molecule has 1 nitrogen and oxygen atoms in total. The molecule has 0 atom stereocenters. The fourth-order valence-electron chi connectivity index (χ4n) is 0.792. The van der Waals surface area contributed by atoms with Gasteiger partial charge in [-0.05, 0) is 23.8 Å². The van der Waals surface area contributed by atoms with Crippen LogP contribution in [0.3, 0.4) is 0 Å². The first-order valence-electron chi connectivity index (χ1n) is 3.91. The third kappa shape index (κ3) is 3.47. The van der Waals surface area contributed by atoms with Crippen LogP contribution in [0.1, 0.15) is 0 Å². The minimum Gasteiger partial charge on any atom is -0.489 e. The van der Waals surface area contributed by atoms with Crippen LogP contribution in [0.5, 0.6) is 5.75 Å². The molecule has 0 amide bonds. The van der Waals surface area contributed by atoms with Crippen LogP contribution < -0.4 is 4.74 Å². The molecule has 1 aromatic rings. The average molecular weight is 239 g/mol. The molecular weight excluding hydrogens is 228 g/mol. The van der Waals surface area contributed by atoms with E-state index < -0.39 is 0 Å². The predicted molar refractivity (Wildman–Crippen MR) is 59.0 cm³/mol. The molecule has 1 aromatic carbocycles. The topological polar surface area (TPSA) is 9.23 Å². The van der Waals surface area contributed by atoms with Gasteiger partial charge in [0.15, 0.2) is 0 Å². The Balaban J connectivity index is 2.54. The smallest absolute Gasteiger partial charge is 0.120 e. The Morgan fingerprint density at radius 2 is 2.31 bits per heavy atom. The molecule has 0 fully saturated rings. The maximum Gasteiger partial charge on any atom is 0.120 e. The number of ether oxygens (including phenoxy) is 1. The normalized spacial score (nSPS) is 9.31. The van der Waals surface area contributed by atoms with E-state index in [4.69, 9.17) is 4.74 Å². The van der Waals surface area contributed by atoms with E-state index in [2.05, 4.69) is 29.1 Å². The molecule has 0 saturated heterocycles. The number of rotatable bonds is 4. The zero-order chi connectivity index (χ0) is 9.68. The average Bonchev–Trinajstić information content (AvgIpc) is 2.14. The van der Waals surface area contributed by atoms with E-state index in [1.165, 1.54) is 0 Å². The van der Waals surface area contributed by atoms with Gasteiger partial charge in [-0.25, -0.2) is 0 Å². The molecular formula is C11H11BrO. The zero-order valence-corrected chi connectivity index (χ0v) is 8.88. The summed E-state index contributed by atoms with van der Waals surface area (Å²) in [5.41, 5.74) is 0.875. The molecule has 0 radical (unpaired) electrons. The van der Waals surface area contributed by atoms with Crippen LogP contribution in [-0.4, -0.2) is 6.61 Å². The van der Waals surface area contributed by atoms with Crippen LogP contribution in [-0.2, 0) is 0 Å². The molecule has 0 N–H and O–H groups in total. The molecule has 0 unspecified atom stereocenters. The van der Waals surface area contributed by atoms with Crippen LogP contribution in [0.4, 0.5) is 0 Å². The van der Waals surface area contributed by atoms with E-state index in [1.54, 1.807) is 6.08 Å². The summed E-state index contributed by atoms with van der Waals surface area (Å²) in [6.45, 7) is 7.84. The summed E-state index contributed by atoms with van der Waals surface area (Å²) in [5, 5.41) is 0. The molecule has 0 aliphatic heterocycles. The van der Waals surface area contributed by atoms with Crippen molar-refractivity contribution in [1.82, 2.24) is 0 Å². The van der Waals surface area contributed by atoms with Crippen LogP contribution >= 0.6 is 15.9 Å². The highest BCUT2D eigenvalue weighted by Crippen LogP contribution is 2.18. The summed E-state index contributed by atoms with van der Waals surface area (Å²) in [5.74, 6) is 0.831. The van der Waals surface area contributed by atoms with Crippen LogP contribution in [0.2, 0.25) is 0 Å². The summed E-state index contributed by atoms with van der Waals surface area (Å²) >= 11 is 3.36. The Morgan fingerprint density at radius 1 is 1.54 bits per heavy atom. The van der Waals surface area contributed by atoms with Crippen molar-refractivity contribution in [3.8, 4) is 5.75 Å². The molecule has 0 aliphatic carbocycles. The molecule has 0 heterocycles. The summed E-state index contributed by atoms with van der Waals surface area (Å²) < 4.78 is 6.45. The summed E-state index contributed by atoms with van der Waals surface area (Å²) in [4.78, 5) is 0. The second-order valence-electron chi connectivity index (χ2n) is 2.61. The van der Waals surface area contributed by atoms with Crippen molar-refractivity contribution in [3.05, 3.63) is 53.5 Å². The first kappa shape index (κ1) is 10.1. The zero-order valence-electron chi connectivity index (χ0n) is 7.29. The first-order valence-corrected chi connectivity index (χ1v) is 4.70. The summed E-state index contributed by atoms with van der Waals surface area (Å²) in [7, 11) is 0. The van der Waals surface area contributed by atoms with Crippen molar-refractivity contribution >= 4 is 15.9 Å². The third-order valence-electron chi connectivity index (χ3n) is 1.51. The van der Waals surface area contributed by atoms with Gasteiger partial charge >= 0.3 is 0 Å². The predicted octanol–water partition coefficient (Wildman–Crippen LogP) is 3.57. The minimum atomic E-state index is 0.486. The SMILES string of the molecule is C=CC(=C)COc1cccc(Br)c1. The quantitative estimate of drug-likeness (QED) is 0.730. The van der Waals surface area contributed by atoms with Gasteiger partial charge in [-0.3, -0.25) is 0 Å². The van der Waals surface area contributed by atoms with Crippen molar-refractivity contribution in [2.45, 2.75) is 0 Å². The molecule has 0 saturated carbocycles. The van der Waals surface area contributed by atoms with Crippen molar-refractivity contribution in [2.75, 3.05) is 6.61 Å². The van der Waals surface area contributed by atoms with Crippen LogP contribution in [0, 0.1) is 0 Å². The molecule has 2 heteroatoms. The Bertz CT molecular complexity index is 318. The molecule has 0 spiro atoms. The van der Waals surface area contributed by atoms with E-state index in [9.17, 15) is 0 Å². The molecule has 1 rings (SSSR count). The van der Waals surface area contributed by atoms with Gasteiger partial charge in [0.05, 0.1) is 0 Å². The fourth-order valence-corrected chi connectivity index (χ4v) is 1.17. The van der Waals surface area contributed by atoms with Gasteiger partial charge in [-0.15, -0.1) is 0 Å². The largest absolute Gasteiger partial charge is 0.489 e. The van der Waals surface area contributed by atoms with E-state index in [0.717, 1.165) is 15.8 Å². The Morgan fingerprint density at radius 3 is 2.92 bits per heavy atom. The fraction of sp³-hybridized carbons (Fsp3) is 0.0909. The highest BCUT2D eigenvalue weighted by Gasteiger charge is 1.94. The lowest BCUT2D eigenvalue weighted by atomic mass is 10.3. The van der Waals surface area contributed by atoms with E-state index in [-0.39, 0.29) is 0 Å². The molecule has 0 bridgehead atoms. The third-order valence-corrected chi connectivity index (χ3v) is 2.00. The van der Waals surface area contributed by atoms with Crippen molar-refractivity contribution in [3.63, 3.8) is 0 Å². The first-order chi connectivity index (χ1) is 6.22. The van der Waals surface area contributed by atoms with Gasteiger partial charge in [0, 0.05) is 4.47 Å².